The quantitative estimate of drug-likeness (QED) is 0.655. The third-order valence-corrected chi connectivity index (χ3v) is 2.19. The van der Waals surface area contributed by atoms with E-state index in [1.165, 1.54) is 0 Å². The van der Waals surface area contributed by atoms with Crippen LogP contribution in [0.5, 0.6) is 0 Å². The van der Waals surface area contributed by atoms with E-state index in [-0.39, 0.29) is 17.6 Å². The minimum atomic E-state index is -0.299. The normalized spacial score (nSPS) is 14.1. The lowest BCUT2D eigenvalue weighted by atomic mass is 9.89. The minimum Gasteiger partial charge on any atom is -0.362 e. The smallest absolute Gasteiger partial charge is 0.227 e. The van der Waals surface area contributed by atoms with E-state index in [1.54, 1.807) is 7.11 Å². The molecule has 0 bridgehead atoms. The van der Waals surface area contributed by atoms with Crippen LogP contribution in [0.25, 0.3) is 0 Å². The van der Waals surface area contributed by atoms with Crippen molar-refractivity contribution in [3.63, 3.8) is 0 Å². The summed E-state index contributed by atoms with van der Waals surface area (Å²) in [6.45, 7) is 7.65. The van der Waals surface area contributed by atoms with Gasteiger partial charge in [0.2, 0.25) is 5.91 Å². The Morgan fingerprint density at radius 1 is 1.58 bits per heavy atom. The summed E-state index contributed by atoms with van der Waals surface area (Å²) in [6.07, 6.45) is 0.623. The third-order valence-electron chi connectivity index (χ3n) is 2.19. The highest BCUT2D eigenvalue weighted by atomic mass is 16.5. The molecule has 1 N–H and O–H groups in total. The van der Waals surface area contributed by atoms with Gasteiger partial charge >= 0.3 is 0 Å². The van der Waals surface area contributed by atoms with E-state index in [9.17, 15) is 4.79 Å². The van der Waals surface area contributed by atoms with Crippen molar-refractivity contribution in [2.24, 2.45) is 5.41 Å². The molecule has 0 aliphatic carbocycles. The molecule has 1 atom stereocenters. The Kier molecular flexibility index (Phi) is 4.24. The Hall–Kier alpha value is -0.570. The third kappa shape index (κ3) is 3.22. The molecule has 0 spiro atoms. The maximum atomic E-state index is 11.5. The van der Waals surface area contributed by atoms with Crippen LogP contribution in [-0.4, -0.2) is 19.2 Å². The van der Waals surface area contributed by atoms with Crippen molar-refractivity contribution in [1.29, 1.82) is 0 Å². The van der Waals surface area contributed by atoms with Crippen LogP contribution in [0.2, 0.25) is 0 Å². The molecule has 0 fully saturated rings. The topological polar surface area (TPSA) is 38.3 Å². The predicted octanol–water partition coefficient (Wildman–Crippen LogP) is 1.53. The molecular formula is C9H19NO2. The lowest BCUT2D eigenvalue weighted by Crippen LogP contribution is -2.42. The standard InChI is InChI=1S/C9H19NO2/c1-6-9(3,4)8(11)10-7(2)12-5/h7H,6H2,1-5H3,(H,10,11). The predicted molar refractivity (Wildman–Crippen MR) is 48.7 cm³/mol. The second kappa shape index (κ2) is 4.45. The zero-order chi connectivity index (χ0) is 9.78. The van der Waals surface area contributed by atoms with Gasteiger partial charge in [0.25, 0.3) is 0 Å². The molecule has 1 amide bonds. The molecule has 0 aliphatic rings. The summed E-state index contributed by atoms with van der Waals surface area (Å²) in [6, 6.07) is 0. The van der Waals surface area contributed by atoms with Crippen molar-refractivity contribution in [3.8, 4) is 0 Å². The van der Waals surface area contributed by atoms with Crippen LogP contribution in [0.3, 0.4) is 0 Å². The highest BCUT2D eigenvalue weighted by molar-refractivity contribution is 5.81. The molecule has 1 unspecified atom stereocenters. The van der Waals surface area contributed by atoms with E-state index < -0.39 is 0 Å². The van der Waals surface area contributed by atoms with Crippen molar-refractivity contribution in [1.82, 2.24) is 5.32 Å². The molecular weight excluding hydrogens is 154 g/mol. The Labute approximate surface area is 74.5 Å². The number of carbonyl (C=O) groups excluding carboxylic acids is 1. The van der Waals surface area contributed by atoms with Crippen LogP contribution in [0.1, 0.15) is 34.1 Å². The van der Waals surface area contributed by atoms with Crippen molar-refractivity contribution >= 4 is 5.91 Å². The molecule has 0 heterocycles. The average Bonchev–Trinajstić information content (AvgIpc) is 2.04. The van der Waals surface area contributed by atoms with E-state index in [4.69, 9.17) is 4.74 Å². The zero-order valence-electron chi connectivity index (χ0n) is 8.60. The van der Waals surface area contributed by atoms with Crippen LogP contribution in [0, 0.1) is 5.41 Å². The molecule has 0 aliphatic heterocycles. The Morgan fingerprint density at radius 3 is 2.42 bits per heavy atom. The number of methoxy groups -OCH3 is 1. The molecule has 0 aromatic heterocycles. The summed E-state index contributed by atoms with van der Waals surface area (Å²) in [7, 11) is 1.57. The van der Waals surface area contributed by atoms with Gasteiger partial charge in [0.15, 0.2) is 0 Å². The molecule has 0 rings (SSSR count). The van der Waals surface area contributed by atoms with Crippen molar-refractivity contribution in [3.05, 3.63) is 0 Å². The fourth-order valence-corrected chi connectivity index (χ4v) is 0.599. The number of hydrogen-bond donors (Lipinski definition) is 1. The van der Waals surface area contributed by atoms with Gasteiger partial charge in [-0.2, -0.15) is 0 Å². The summed E-state index contributed by atoms with van der Waals surface area (Å²) in [5.74, 6) is 0.0411. The second-order valence-electron chi connectivity index (χ2n) is 3.59. The van der Waals surface area contributed by atoms with Gasteiger partial charge in [-0.1, -0.05) is 20.8 Å². The highest BCUT2D eigenvalue weighted by Gasteiger charge is 2.25. The number of rotatable bonds is 4. The molecule has 0 saturated carbocycles. The zero-order valence-corrected chi connectivity index (χ0v) is 8.60. The van der Waals surface area contributed by atoms with Gasteiger partial charge in [-0.15, -0.1) is 0 Å². The summed E-state index contributed by atoms with van der Waals surface area (Å²) < 4.78 is 4.93. The first kappa shape index (κ1) is 11.4. The SMILES string of the molecule is CCC(C)(C)C(=O)NC(C)OC. The first-order chi connectivity index (χ1) is 5.44. The van der Waals surface area contributed by atoms with E-state index >= 15 is 0 Å². The van der Waals surface area contributed by atoms with Gasteiger partial charge in [-0.25, -0.2) is 0 Å². The number of amides is 1. The molecule has 0 saturated heterocycles. The fraction of sp³-hybridized carbons (Fsp3) is 0.889. The Balaban J connectivity index is 4.03. The van der Waals surface area contributed by atoms with Crippen molar-refractivity contribution in [2.45, 2.75) is 40.3 Å². The monoisotopic (exact) mass is 173 g/mol. The lowest BCUT2D eigenvalue weighted by Gasteiger charge is -2.23. The van der Waals surface area contributed by atoms with E-state index in [0.717, 1.165) is 6.42 Å². The summed E-state index contributed by atoms with van der Waals surface area (Å²) in [5.41, 5.74) is -0.299. The van der Waals surface area contributed by atoms with Crippen LogP contribution in [0.15, 0.2) is 0 Å². The van der Waals surface area contributed by atoms with Crippen LogP contribution >= 0.6 is 0 Å². The first-order valence-corrected chi connectivity index (χ1v) is 4.27. The largest absolute Gasteiger partial charge is 0.362 e. The number of hydrogen-bond acceptors (Lipinski definition) is 2. The molecule has 12 heavy (non-hydrogen) atoms. The molecule has 72 valence electrons. The van der Waals surface area contributed by atoms with Gasteiger partial charge in [0, 0.05) is 12.5 Å². The number of ether oxygens (including phenoxy) is 1. The summed E-state index contributed by atoms with van der Waals surface area (Å²) >= 11 is 0. The van der Waals surface area contributed by atoms with Gasteiger partial charge in [-0.05, 0) is 13.3 Å². The lowest BCUT2D eigenvalue weighted by molar-refractivity contribution is -0.132. The molecule has 0 aromatic carbocycles. The molecule has 3 heteroatoms. The summed E-state index contributed by atoms with van der Waals surface area (Å²) in [5, 5.41) is 2.76. The van der Waals surface area contributed by atoms with E-state index in [2.05, 4.69) is 5.32 Å². The minimum absolute atomic E-state index is 0.0411. The van der Waals surface area contributed by atoms with Gasteiger partial charge in [-0.3, -0.25) is 4.79 Å². The first-order valence-electron chi connectivity index (χ1n) is 4.27. The van der Waals surface area contributed by atoms with Crippen molar-refractivity contribution in [2.75, 3.05) is 7.11 Å². The van der Waals surface area contributed by atoms with Crippen LogP contribution in [0.4, 0.5) is 0 Å². The van der Waals surface area contributed by atoms with E-state index in [1.807, 2.05) is 27.7 Å². The maximum Gasteiger partial charge on any atom is 0.227 e. The van der Waals surface area contributed by atoms with Gasteiger partial charge in [0.05, 0.1) is 0 Å². The molecule has 3 nitrogen and oxygen atoms in total. The number of nitrogens with one attached hydrogen (secondary N) is 1. The van der Waals surface area contributed by atoms with Crippen molar-refractivity contribution < 1.29 is 9.53 Å². The molecule has 0 radical (unpaired) electrons. The fourth-order valence-electron chi connectivity index (χ4n) is 0.599. The van der Waals surface area contributed by atoms with Gasteiger partial charge in [0.1, 0.15) is 6.23 Å². The molecule has 0 aromatic rings. The Morgan fingerprint density at radius 2 is 2.08 bits per heavy atom. The van der Waals surface area contributed by atoms with Crippen LogP contribution < -0.4 is 5.32 Å². The average molecular weight is 173 g/mol. The van der Waals surface area contributed by atoms with E-state index in [0.29, 0.717) is 0 Å². The summed E-state index contributed by atoms with van der Waals surface area (Å²) in [4.78, 5) is 11.5. The van der Waals surface area contributed by atoms with Crippen LogP contribution in [-0.2, 0) is 9.53 Å². The second-order valence-corrected chi connectivity index (χ2v) is 3.59. The highest BCUT2D eigenvalue weighted by Crippen LogP contribution is 2.19. The maximum absolute atomic E-state index is 11.5. The number of carbonyl (C=O) groups is 1. The van der Waals surface area contributed by atoms with Gasteiger partial charge < -0.3 is 10.1 Å². The Bertz CT molecular complexity index is 155.